The molecule has 0 unspecified atom stereocenters. The molecule has 0 fully saturated rings. The lowest BCUT2D eigenvalue weighted by Gasteiger charge is -2.23. The summed E-state index contributed by atoms with van der Waals surface area (Å²) in [6.07, 6.45) is -5.00. The first-order valence-corrected chi connectivity index (χ1v) is 10.3. The second-order valence-corrected chi connectivity index (χ2v) is 7.97. The third kappa shape index (κ3) is 4.22. The van der Waals surface area contributed by atoms with Crippen LogP contribution in [0.25, 0.3) is 0 Å². The number of fused-ring (bicyclic) bond motifs is 2. The number of nitrogens with one attached hydrogen (secondary N) is 2. The molecule has 0 radical (unpaired) electrons. The van der Waals surface area contributed by atoms with E-state index in [1.807, 2.05) is 18.2 Å². The average molecular weight is 459 g/mol. The molecule has 1 aliphatic heterocycles. The van der Waals surface area contributed by atoms with Gasteiger partial charge in [-0.25, -0.2) is 0 Å². The van der Waals surface area contributed by atoms with Gasteiger partial charge in [-0.3, -0.25) is 14.4 Å². The molecule has 1 aliphatic rings. The molecule has 3 aromatic rings. The van der Waals surface area contributed by atoms with Crippen molar-refractivity contribution in [3.8, 4) is 0 Å². The van der Waals surface area contributed by atoms with Crippen LogP contribution in [-0.4, -0.2) is 36.9 Å². The fraction of sp³-hybridized carbons (Fsp3) is 0.136. The molecule has 4 rings (SSSR count). The van der Waals surface area contributed by atoms with Crippen molar-refractivity contribution in [1.29, 1.82) is 0 Å². The van der Waals surface area contributed by atoms with Gasteiger partial charge in [0.25, 0.3) is 17.6 Å². The molecule has 1 aromatic heterocycles. The number of alkyl halides is 3. The summed E-state index contributed by atoms with van der Waals surface area (Å²) in [5.41, 5.74) is 2.50. The van der Waals surface area contributed by atoms with Crippen LogP contribution in [0.1, 0.15) is 29.7 Å². The topological polar surface area (TPSA) is 78.5 Å². The fourth-order valence-electron chi connectivity index (χ4n) is 3.31. The normalized spacial score (nSPS) is 13.0. The Morgan fingerprint density at radius 3 is 2.34 bits per heavy atom. The Kier molecular flexibility index (Phi) is 5.70. The van der Waals surface area contributed by atoms with Crippen molar-refractivity contribution in [3.63, 3.8) is 0 Å². The summed E-state index contributed by atoms with van der Waals surface area (Å²) in [5, 5.41) is 5.84. The summed E-state index contributed by atoms with van der Waals surface area (Å²) < 4.78 is 37.7. The Bertz CT molecular complexity index is 1210. The zero-order valence-electron chi connectivity index (χ0n) is 16.4. The molecule has 0 atom stereocenters. The molecule has 2 N–H and O–H groups in total. The van der Waals surface area contributed by atoms with E-state index in [-0.39, 0.29) is 23.9 Å². The first kappa shape index (κ1) is 21.6. The van der Waals surface area contributed by atoms with Crippen molar-refractivity contribution < 1.29 is 27.6 Å². The summed E-state index contributed by atoms with van der Waals surface area (Å²) in [7, 11) is 0. The molecular weight excluding hydrogens is 443 g/mol. The number of halogens is 3. The lowest BCUT2D eigenvalue weighted by Crippen LogP contribution is -2.38. The number of benzene rings is 2. The first-order chi connectivity index (χ1) is 15.3. The van der Waals surface area contributed by atoms with Crippen LogP contribution in [0, 0.1) is 0 Å². The van der Waals surface area contributed by atoms with E-state index < -0.39 is 22.7 Å². The molecule has 0 aliphatic carbocycles. The molecule has 2 amide bonds. The Morgan fingerprint density at radius 2 is 1.59 bits per heavy atom. The molecule has 32 heavy (non-hydrogen) atoms. The SMILES string of the molecule is O=C(NCCN1C(=O)c2ccccc2Nc2ccccc21)c1ccc(C(=O)C(F)(F)F)s1. The lowest BCUT2D eigenvalue weighted by atomic mass is 10.1. The Balaban J connectivity index is 1.48. The predicted octanol–water partition coefficient (Wildman–Crippen LogP) is 4.63. The number of carbonyl (C=O) groups is 3. The number of nitrogens with zero attached hydrogens (tertiary/aromatic N) is 1. The van der Waals surface area contributed by atoms with Crippen LogP contribution in [0.5, 0.6) is 0 Å². The highest BCUT2D eigenvalue weighted by Gasteiger charge is 2.40. The number of hydrogen-bond donors (Lipinski definition) is 2. The summed E-state index contributed by atoms with van der Waals surface area (Å²) >= 11 is 0.473. The van der Waals surface area contributed by atoms with E-state index in [4.69, 9.17) is 0 Å². The average Bonchev–Trinajstić information content (AvgIpc) is 3.22. The number of ketones is 1. The summed E-state index contributed by atoms with van der Waals surface area (Å²) in [6, 6.07) is 16.5. The van der Waals surface area contributed by atoms with Crippen molar-refractivity contribution in [2.45, 2.75) is 6.18 Å². The van der Waals surface area contributed by atoms with Gasteiger partial charge in [0.2, 0.25) is 0 Å². The molecule has 0 bridgehead atoms. The second kappa shape index (κ2) is 8.46. The highest BCUT2D eigenvalue weighted by molar-refractivity contribution is 7.16. The fourth-order valence-corrected chi connectivity index (χ4v) is 4.19. The van der Waals surface area contributed by atoms with Crippen LogP contribution in [0.3, 0.4) is 0 Å². The van der Waals surface area contributed by atoms with Crippen molar-refractivity contribution in [1.82, 2.24) is 5.32 Å². The smallest absolute Gasteiger partial charge is 0.353 e. The highest BCUT2D eigenvalue weighted by Crippen LogP contribution is 2.35. The summed E-state index contributed by atoms with van der Waals surface area (Å²) in [5.74, 6) is -2.86. The number of carbonyl (C=O) groups excluding carboxylic acids is 3. The van der Waals surface area contributed by atoms with Gasteiger partial charge in [0.15, 0.2) is 0 Å². The van der Waals surface area contributed by atoms with Crippen LogP contribution in [0.4, 0.5) is 30.2 Å². The number of thiophene rings is 1. The van der Waals surface area contributed by atoms with Gasteiger partial charge in [-0.05, 0) is 36.4 Å². The van der Waals surface area contributed by atoms with Crippen molar-refractivity contribution >= 4 is 46.0 Å². The van der Waals surface area contributed by atoms with Gasteiger partial charge in [-0.1, -0.05) is 24.3 Å². The Hall–Kier alpha value is -3.66. The molecular formula is C22H16F3N3O3S. The maximum Gasteiger partial charge on any atom is 0.455 e. The summed E-state index contributed by atoms with van der Waals surface area (Å²) in [4.78, 5) is 37.8. The van der Waals surface area contributed by atoms with E-state index in [1.165, 1.54) is 11.0 Å². The van der Waals surface area contributed by atoms with Crippen LogP contribution < -0.4 is 15.5 Å². The second-order valence-electron chi connectivity index (χ2n) is 6.89. The number of anilines is 3. The van der Waals surface area contributed by atoms with E-state index in [1.54, 1.807) is 30.3 Å². The van der Waals surface area contributed by atoms with Gasteiger partial charge < -0.3 is 15.5 Å². The number of rotatable bonds is 5. The standard InChI is InChI=1S/C22H16F3N3O3S/c23-22(24,25)19(29)17-9-10-18(32-17)20(30)26-11-12-28-16-8-4-3-7-15(16)27-14-6-2-1-5-13(14)21(28)31/h1-10,27H,11-12H2,(H,26,30). The van der Waals surface area contributed by atoms with Gasteiger partial charge in [-0.15, -0.1) is 11.3 Å². The van der Waals surface area contributed by atoms with Gasteiger partial charge >= 0.3 is 6.18 Å². The molecule has 0 saturated heterocycles. The van der Waals surface area contributed by atoms with Crippen LogP contribution in [-0.2, 0) is 0 Å². The molecule has 10 heteroatoms. The number of amides is 2. The molecule has 0 saturated carbocycles. The van der Waals surface area contributed by atoms with E-state index in [2.05, 4.69) is 10.6 Å². The van der Waals surface area contributed by atoms with Gasteiger partial charge in [0.1, 0.15) is 0 Å². The zero-order valence-corrected chi connectivity index (χ0v) is 17.2. The molecule has 2 heterocycles. The quantitative estimate of drug-likeness (QED) is 0.546. The van der Waals surface area contributed by atoms with Crippen LogP contribution in [0.2, 0.25) is 0 Å². The highest BCUT2D eigenvalue weighted by atomic mass is 32.1. The monoisotopic (exact) mass is 459 g/mol. The van der Waals surface area contributed by atoms with Crippen molar-refractivity contribution in [2.24, 2.45) is 0 Å². The Labute approximate surface area is 184 Å². The molecule has 164 valence electrons. The van der Waals surface area contributed by atoms with Crippen molar-refractivity contribution in [2.75, 3.05) is 23.3 Å². The third-order valence-electron chi connectivity index (χ3n) is 4.80. The number of para-hydroxylation sites is 3. The van der Waals surface area contributed by atoms with E-state index in [9.17, 15) is 27.6 Å². The molecule has 2 aromatic carbocycles. The van der Waals surface area contributed by atoms with Crippen LogP contribution >= 0.6 is 11.3 Å². The van der Waals surface area contributed by atoms with Gasteiger partial charge in [0, 0.05) is 13.1 Å². The largest absolute Gasteiger partial charge is 0.455 e. The van der Waals surface area contributed by atoms with E-state index in [0.717, 1.165) is 11.8 Å². The molecule has 0 spiro atoms. The van der Waals surface area contributed by atoms with E-state index in [0.29, 0.717) is 28.3 Å². The van der Waals surface area contributed by atoms with Crippen molar-refractivity contribution in [3.05, 3.63) is 76.0 Å². The minimum absolute atomic E-state index is 0.0211. The van der Waals surface area contributed by atoms with Crippen LogP contribution in [0.15, 0.2) is 60.7 Å². The maximum absolute atomic E-state index is 13.1. The number of Topliss-reactive ketones (excluding diaryl/α,β-unsaturated/α-hetero) is 1. The minimum Gasteiger partial charge on any atom is -0.353 e. The number of hydrogen-bond acceptors (Lipinski definition) is 5. The Morgan fingerprint density at radius 1 is 0.938 bits per heavy atom. The first-order valence-electron chi connectivity index (χ1n) is 9.52. The molecule has 6 nitrogen and oxygen atoms in total. The van der Waals surface area contributed by atoms with Gasteiger partial charge in [-0.2, -0.15) is 13.2 Å². The predicted molar refractivity (Wildman–Crippen MR) is 115 cm³/mol. The maximum atomic E-state index is 13.1. The summed E-state index contributed by atoms with van der Waals surface area (Å²) in [6.45, 7) is 0.193. The van der Waals surface area contributed by atoms with E-state index >= 15 is 0 Å². The minimum atomic E-state index is -5.00. The van der Waals surface area contributed by atoms with Gasteiger partial charge in [0.05, 0.1) is 32.4 Å². The zero-order chi connectivity index (χ0) is 22.9. The third-order valence-corrected chi connectivity index (χ3v) is 5.88. The lowest BCUT2D eigenvalue weighted by molar-refractivity contribution is -0.0882.